The number of ether oxygens (including phenoxy) is 2. The zero-order valence-corrected chi connectivity index (χ0v) is 16.2. The standard InChI is InChI=1S/C20H21NO5S/c1-14-5-4-6-15(11-14)20(22)21(16-9-10-27(23,24)13-16)18-8-7-17(25-2)12-19(18)26-3/h4-12,16H,13H2,1-3H3/t16-/m0/s1. The monoisotopic (exact) mass is 387 g/mol. The minimum Gasteiger partial charge on any atom is -0.497 e. The summed E-state index contributed by atoms with van der Waals surface area (Å²) in [5.41, 5.74) is 1.90. The first kappa shape index (κ1) is 19.0. The normalized spacial score (nSPS) is 17.5. The zero-order chi connectivity index (χ0) is 19.6. The second-order valence-corrected chi connectivity index (χ2v) is 8.24. The summed E-state index contributed by atoms with van der Waals surface area (Å²) >= 11 is 0. The molecular formula is C20H21NO5S. The summed E-state index contributed by atoms with van der Waals surface area (Å²) in [7, 11) is -0.312. The average Bonchev–Trinajstić information content (AvgIpc) is 3.01. The number of hydrogen-bond acceptors (Lipinski definition) is 5. The second kappa shape index (κ2) is 7.44. The number of sulfone groups is 1. The van der Waals surface area contributed by atoms with Crippen LogP contribution in [0.25, 0.3) is 0 Å². The number of aryl methyl sites for hydroxylation is 1. The molecule has 0 N–H and O–H groups in total. The SMILES string of the molecule is COc1ccc(N(C(=O)c2cccc(C)c2)[C@H]2C=CS(=O)(=O)C2)c(OC)c1. The number of benzene rings is 2. The van der Waals surface area contributed by atoms with E-state index in [1.165, 1.54) is 25.2 Å². The molecule has 27 heavy (non-hydrogen) atoms. The zero-order valence-electron chi connectivity index (χ0n) is 15.4. The first-order valence-electron chi connectivity index (χ1n) is 8.38. The Morgan fingerprint density at radius 2 is 1.89 bits per heavy atom. The van der Waals surface area contributed by atoms with Gasteiger partial charge in [-0.25, -0.2) is 8.42 Å². The van der Waals surface area contributed by atoms with E-state index < -0.39 is 15.9 Å². The van der Waals surface area contributed by atoms with Crippen molar-refractivity contribution in [3.8, 4) is 11.5 Å². The van der Waals surface area contributed by atoms with Crippen LogP contribution in [0.4, 0.5) is 5.69 Å². The van der Waals surface area contributed by atoms with Gasteiger partial charge in [0.2, 0.25) is 0 Å². The molecule has 0 unspecified atom stereocenters. The highest BCUT2D eigenvalue weighted by molar-refractivity contribution is 7.94. The predicted octanol–water partition coefficient (Wildman–Crippen LogP) is 2.97. The van der Waals surface area contributed by atoms with Crippen molar-refractivity contribution in [2.75, 3.05) is 24.9 Å². The molecule has 0 saturated heterocycles. The Hall–Kier alpha value is -2.80. The van der Waals surface area contributed by atoms with Crippen molar-refractivity contribution in [3.05, 3.63) is 65.1 Å². The second-order valence-electron chi connectivity index (χ2n) is 6.31. The van der Waals surface area contributed by atoms with E-state index in [2.05, 4.69) is 0 Å². The quantitative estimate of drug-likeness (QED) is 0.789. The fourth-order valence-corrected chi connectivity index (χ4v) is 4.33. The summed E-state index contributed by atoms with van der Waals surface area (Å²) in [4.78, 5) is 14.8. The Bertz CT molecular complexity index is 997. The van der Waals surface area contributed by atoms with Crippen molar-refractivity contribution in [3.63, 3.8) is 0 Å². The Labute approximate surface area is 158 Å². The van der Waals surface area contributed by atoms with Crippen LogP contribution in [0, 0.1) is 6.92 Å². The van der Waals surface area contributed by atoms with Gasteiger partial charge in [0.25, 0.3) is 5.91 Å². The summed E-state index contributed by atoms with van der Waals surface area (Å²) in [6.45, 7) is 1.90. The van der Waals surface area contributed by atoms with Gasteiger partial charge in [0.05, 0.1) is 31.7 Å². The molecule has 142 valence electrons. The molecule has 0 fully saturated rings. The molecule has 0 radical (unpaired) electrons. The fraction of sp³-hybridized carbons (Fsp3) is 0.250. The van der Waals surface area contributed by atoms with Gasteiger partial charge >= 0.3 is 0 Å². The Kier molecular flexibility index (Phi) is 5.23. The van der Waals surface area contributed by atoms with Crippen molar-refractivity contribution in [2.45, 2.75) is 13.0 Å². The molecule has 1 aliphatic rings. The van der Waals surface area contributed by atoms with Gasteiger partial charge in [0.15, 0.2) is 9.84 Å². The fourth-order valence-electron chi connectivity index (χ4n) is 3.06. The van der Waals surface area contributed by atoms with Gasteiger partial charge < -0.3 is 9.47 Å². The van der Waals surface area contributed by atoms with E-state index in [0.29, 0.717) is 22.7 Å². The Morgan fingerprint density at radius 1 is 1.11 bits per heavy atom. The first-order valence-corrected chi connectivity index (χ1v) is 10.1. The number of amides is 1. The van der Waals surface area contributed by atoms with Crippen molar-refractivity contribution in [1.29, 1.82) is 0 Å². The van der Waals surface area contributed by atoms with Gasteiger partial charge in [-0.1, -0.05) is 17.7 Å². The maximum atomic E-state index is 13.3. The minimum absolute atomic E-state index is 0.167. The average molecular weight is 387 g/mol. The third kappa shape index (κ3) is 3.98. The molecule has 0 aromatic heterocycles. The summed E-state index contributed by atoms with van der Waals surface area (Å²) < 4.78 is 34.6. The number of rotatable bonds is 5. The maximum Gasteiger partial charge on any atom is 0.258 e. The summed E-state index contributed by atoms with van der Waals surface area (Å²) in [5, 5.41) is 1.16. The van der Waals surface area contributed by atoms with Crippen molar-refractivity contribution < 1.29 is 22.7 Å². The van der Waals surface area contributed by atoms with E-state index >= 15 is 0 Å². The lowest BCUT2D eigenvalue weighted by Crippen LogP contribution is -2.41. The summed E-state index contributed by atoms with van der Waals surface area (Å²) in [6, 6.07) is 11.6. The molecule has 1 amide bonds. The molecule has 2 aromatic carbocycles. The molecule has 1 atom stereocenters. The third-order valence-electron chi connectivity index (χ3n) is 4.37. The van der Waals surface area contributed by atoms with Gasteiger partial charge in [0.1, 0.15) is 11.5 Å². The predicted molar refractivity (Wildman–Crippen MR) is 104 cm³/mol. The van der Waals surface area contributed by atoms with Crippen molar-refractivity contribution >= 4 is 21.4 Å². The number of anilines is 1. The van der Waals surface area contributed by atoms with Gasteiger partial charge in [-0.3, -0.25) is 9.69 Å². The van der Waals surface area contributed by atoms with Gasteiger partial charge in [0, 0.05) is 17.0 Å². The number of methoxy groups -OCH3 is 2. The highest BCUT2D eigenvalue weighted by Gasteiger charge is 2.33. The van der Waals surface area contributed by atoms with E-state index in [9.17, 15) is 13.2 Å². The molecule has 0 saturated carbocycles. The molecule has 1 aliphatic heterocycles. The number of carbonyl (C=O) groups is 1. The third-order valence-corrected chi connectivity index (χ3v) is 5.75. The van der Waals surface area contributed by atoms with E-state index in [0.717, 1.165) is 11.0 Å². The molecule has 0 bridgehead atoms. The molecule has 0 aliphatic carbocycles. The van der Waals surface area contributed by atoms with Crippen LogP contribution >= 0.6 is 0 Å². The lowest BCUT2D eigenvalue weighted by molar-refractivity contribution is 0.0982. The van der Waals surface area contributed by atoms with E-state index in [-0.39, 0.29) is 11.7 Å². The molecule has 7 heteroatoms. The van der Waals surface area contributed by atoms with Crippen LogP contribution < -0.4 is 14.4 Å². The Balaban J connectivity index is 2.11. The molecule has 2 aromatic rings. The van der Waals surface area contributed by atoms with Crippen LogP contribution in [-0.2, 0) is 9.84 Å². The van der Waals surface area contributed by atoms with Gasteiger partial charge in [-0.05, 0) is 37.3 Å². The molecular weight excluding hydrogens is 366 g/mol. The lowest BCUT2D eigenvalue weighted by atomic mass is 10.1. The number of hydrogen-bond donors (Lipinski definition) is 0. The molecule has 6 nitrogen and oxygen atoms in total. The van der Waals surface area contributed by atoms with Crippen molar-refractivity contribution in [1.82, 2.24) is 0 Å². The maximum absolute atomic E-state index is 13.3. The molecule has 1 heterocycles. The van der Waals surface area contributed by atoms with Crippen LogP contribution in [0.2, 0.25) is 0 Å². The lowest BCUT2D eigenvalue weighted by Gasteiger charge is -2.29. The summed E-state index contributed by atoms with van der Waals surface area (Å²) in [5.74, 6) is 0.537. The number of carbonyl (C=O) groups excluding carboxylic acids is 1. The Morgan fingerprint density at radius 3 is 2.48 bits per heavy atom. The van der Waals surface area contributed by atoms with E-state index in [1.54, 1.807) is 36.4 Å². The number of nitrogens with zero attached hydrogens (tertiary/aromatic N) is 1. The van der Waals surface area contributed by atoms with E-state index in [1.807, 2.05) is 13.0 Å². The van der Waals surface area contributed by atoms with Crippen molar-refractivity contribution in [2.24, 2.45) is 0 Å². The van der Waals surface area contributed by atoms with Crippen LogP contribution in [0.3, 0.4) is 0 Å². The van der Waals surface area contributed by atoms with Crippen LogP contribution in [0.15, 0.2) is 53.9 Å². The van der Waals surface area contributed by atoms with Gasteiger partial charge in [-0.2, -0.15) is 0 Å². The van der Waals surface area contributed by atoms with Gasteiger partial charge in [-0.15, -0.1) is 0 Å². The molecule has 3 rings (SSSR count). The highest BCUT2D eigenvalue weighted by Crippen LogP contribution is 2.35. The minimum atomic E-state index is -3.34. The topological polar surface area (TPSA) is 72.9 Å². The summed E-state index contributed by atoms with van der Waals surface area (Å²) in [6.07, 6.45) is 1.53. The smallest absolute Gasteiger partial charge is 0.258 e. The molecule has 0 spiro atoms. The van der Waals surface area contributed by atoms with Crippen LogP contribution in [0.1, 0.15) is 15.9 Å². The largest absolute Gasteiger partial charge is 0.497 e. The van der Waals surface area contributed by atoms with Crippen LogP contribution in [0.5, 0.6) is 11.5 Å². The van der Waals surface area contributed by atoms with Crippen LogP contribution in [-0.4, -0.2) is 40.3 Å². The highest BCUT2D eigenvalue weighted by atomic mass is 32.2. The first-order chi connectivity index (χ1) is 12.8. The van der Waals surface area contributed by atoms with E-state index in [4.69, 9.17) is 9.47 Å².